The molecular formula is C18H19ClN2O6S. The van der Waals surface area contributed by atoms with Crippen LogP contribution in [0, 0.1) is 0 Å². The summed E-state index contributed by atoms with van der Waals surface area (Å²) in [7, 11) is -1.68. The zero-order valence-corrected chi connectivity index (χ0v) is 16.7. The summed E-state index contributed by atoms with van der Waals surface area (Å²) in [6.07, 6.45) is -1.12. The topological polar surface area (TPSA) is 113 Å². The number of amides is 2. The van der Waals surface area contributed by atoms with E-state index in [4.69, 9.17) is 21.4 Å². The molecule has 0 heterocycles. The molecule has 0 radical (unpaired) electrons. The average Bonchev–Trinajstić information content (AvgIpc) is 2.67. The fourth-order valence-corrected chi connectivity index (χ4v) is 3.54. The van der Waals surface area contributed by atoms with Crippen molar-refractivity contribution in [1.82, 2.24) is 9.62 Å². The Morgan fingerprint density at radius 3 is 2.39 bits per heavy atom. The number of ether oxygens (including phenoxy) is 1. The minimum absolute atomic E-state index is 0.131. The summed E-state index contributed by atoms with van der Waals surface area (Å²) in [5, 5.41) is 12.0. The number of carbonyl (C=O) groups excluding carboxylic acids is 1. The van der Waals surface area contributed by atoms with Crippen LogP contribution in [-0.4, -0.2) is 50.5 Å². The number of rotatable bonds is 7. The van der Waals surface area contributed by atoms with Gasteiger partial charge in [-0.05, 0) is 42.3 Å². The van der Waals surface area contributed by atoms with Crippen LogP contribution in [0.5, 0.6) is 5.75 Å². The minimum Gasteiger partial charge on any atom is -0.496 e. The van der Waals surface area contributed by atoms with E-state index in [2.05, 4.69) is 5.32 Å². The largest absolute Gasteiger partial charge is 0.496 e. The Balaban J connectivity index is 2.00. The zero-order valence-electron chi connectivity index (χ0n) is 15.2. The number of sulfonamides is 1. The maximum Gasteiger partial charge on any atom is 0.421 e. The summed E-state index contributed by atoms with van der Waals surface area (Å²) in [5.74, 6) is 0.0561. The molecule has 0 aliphatic carbocycles. The van der Waals surface area contributed by atoms with Crippen molar-refractivity contribution in [2.24, 2.45) is 0 Å². The highest BCUT2D eigenvalue weighted by Gasteiger charge is 2.24. The molecule has 0 spiro atoms. The van der Waals surface area contributed by atoms with Crippen LogP contribution < -0.4 is 10.1 Å². The van der Waals surface area contributed by atoms with Crippen molar-refractivity contribution in [2.75, 3.05) is 20.7 Å². The lowest BCUT2D eigenvalue weighted by molar-refractivity contribution is 0.0951. The maximum absolute atomic E-state index is 12.3. The van der Waals surface area contributed by atoms with Crippen LogP contribution in [0.4, 0.5) is 4.79 Å². The number of halogens is 1. The molecule has 0 saturated heterocycles. The minimum atomic E-state index is -4.10. The first kappa shape index (κ1) is 21.5. The SMILES string of the molecule is COc1ccc(Cl)cc1C(=O)NCCc1ccc(S(=O)(=O)N(C)C(=O)O)cc1. The first-order valence-electron chi connectivity index (χ1n) is 8.09. The molecule has 0 atom stereocenters. The molecule has 0 aliphatic rings. The Hall–Kier alpha value is -2.78. The monoisotopic (exact) mass is 426 g/mol. The number of carboxylic acid groups (broad SMARTS) is 1. The van der Waals surface area contributed by atoms with Gasteiger partial charge in [-0.1, -0.05) is 23.7 Å². The number of benzene rings is 2. The molecule has 0 fully saturated rings. The second kappa shape index (κ2) is 8.94. The van der Waals surface area contributed by atoms with Gasteiger partial charge in [-0.2, -0.15) is 0 Å². The number of hydrogen-bond acceptors (Lipinski definition) is 5. The van der Waals surface area contributed by atoms with Crippen LogP contribution in [0.3, 0.4) is 0 Å². The first-order chi connectivity index (χ1) is 13.2. The molecule has 28 heavy (non-hydrogen) atoms. The molecule has 2 aromatic carbocycles. The fraction of sp³-hybridized carbons (Fsp3) is 0.222. The Bertz CT molecular complexity index is 976. The third-order valence-corrected chi connectivity index (χ3v) is 5.94. The number of nitrogens with zero attached hydrogens (tertiary/aromatic N) is 1. The van der Waals surface area contributed by atoms with Gasteiger partial charge in [0.1, 0.15) is 5.75 Å². The van der Waals surface area contributed by atoms with E-state index in [0.717, 1.165) is 12.6 Å². The Morgan fingerprint density at radius 1 is 1.18 bits per heavy atom. The van der Waals surface area contributed by atoms with Crippen LogP contribution >= 0.6 is 11.6 Å². The van der Waals surface area contributed by atoms with Crippen molar-refractivity contribution in [3.63, 3.8) is 0 Å². The summed E-state index contributed by atoms with van der Waals surface area (Å²) in [6.45, 7) is 0.301. The summed E-state index contributed by atoms with van der Waals surface area (Å²) in [6, 6.07) is 10.5. The molecule has 0 bridgehead atoms. The second-order valence-electron chi connectivity index (χ2n) is 5.75. The molecule has 0 unspecified atom stereocenters. The van der Waals surface area contributed by atoms with E-state index in [0.29, 0.717) is 29.3 Å². The second-order valence-corrected chi connectivity index (χ2v) is 8.16. The van der Waals surface area contributed by atoms with Crippen LogP contribution in [0.1, 0.15) is 15.9 Å². The highest BCUT2D eigenvalue weighted by Crippen LogP contribution is 2.22. The van der Waals surface area contributed by atoms with Crippen LogP contribution in [0.25, 0.3) is 0 Å². The van der Waals surface area contributed by atoms with Gasteiger partial charge in [0, 0.05) is 18.6 Å². The van der Waals surface area contributed by atoms with E-state index in [9.17, 15) is 18.0 Å². The highest BCUT2D eigenvalue weighted by atomic mass is 35.5. The molecule has 2 aromatic rings. The Morgan fingerprint density at radius 2 is 1.82 bits per heavy atom. The van der Waals surface area contributed by atoms with E-state index in [1.54, 1.807) is 24.3 Å². The van der Waals surface area contributed by atoms with Gasteiger partial charge in [-0.25, -0.2) is 17.5 Å². The number of nitrogens with one attached hydrogen (secondary N) is 1. The van der Waals surface area contributed by atoms with Crippen molar-refractivity contribution in [3.05, 3.63) is 58.6 Å². The normalized spacial score (nSPS) is 11.0. The lowest BCUT2D eigenvalue weighted by Crippen LogP contribution is -2.31. The average molecular weight is 427 g/mol. The van der Waals surface area contributed by atoms with E-state index < -0.39 is 16.1 Å². The number of carbonyl (C=O) groups is 2. The van der Waals surface area contributed by atoms with Gasteiger partial charge in [-0.3, -0.25) is 4.79 Å². The molecule has 0 aromatic heterocycles. The number of hydrogen-bond donors (Lipinski definition) is 2. The van der Waals surface area contributed by atoms with Crippen molar-refractivity contribution in [2.45, 2.75) is 11.3 Å². The number of methoxy groups -OCH3 is 1. The van der Waals surface area contributed by atoms with Crippen molar-refractivity contribution in [3.8, 4) is 5.75 Å². The molecule has 150 valence electrons. The summed E-state index contributed by atoms with van der Waals surface area (Å²) in [5.41, 5.74) is 1.09. The molecule has 2 rings (SSSR count). The van der Waals surface area contributed by atoms with Crippen LogP contribution in [0.2, 0.25) is 5.02 Å². The molecule has 2 N–H and O–H groups in total. The third kappa shape index (κ3) is 4.93. The first-order valence-corrected chi connectivity index (χ1v) is 9.91. The van der Waals surface area contributed by atoms with Gasteiger partial charge in [0.05, 0.1) is 17.6 Å². The smallest absolute Gasteiger partial charge is 0.421 e. The molecule has 0 aliphatic heterocycles. The third-order valence-electron chi connectivity index (χ3n) is 3.96. The van der Waals surface area contributed by atoms with E-state index in [1.807, 2.05) is 0 Å². The van der Waals surface area contributed by atoms with Crippen LogP contribution in [-0.2, 0) is 16.4 Å². The standard InChI is InChI=1S/C18H19ClN2O6S/c1-21(18(23)24)28(25,26)14-6-3-12(4-7-14)9-10-20-17(22)15-11-13(19)5-8-16(15)27-2/h3-8,11H,9-10H2,1-2H3,(H,20,22)(H,23,24). The summed E-state index contributed by atoms with van der Waals surface area (Å²) >= 11 is 5.92. The molecule has 8 nitrogen and oxygen atoms in total. The Kier molecular flexibility index (Phi) is 6.87. The van der Waals surface area contributed by atoms with Gasteiger partial charge < -0.3 is 15.2 Å². The van der Waals surface area contributed by atoms with Crippen molar-refractivity contribution in [1.29, 1.82) is 0 Å². The van der Waals surface area contributed by atoms with Gasteiger partial charge in [0.2, 0.25) is 0 Å². The van der Waals surface area contributed by atoms with E-state index >= 15 is 0 Å². The van der Waals surface area contributed by atoms with Crippen molar-refractivity contribution >= 4 is 33.6 Å². The lowest BCUT2D eigenvalue weighted by atomic mass is 10.1. The van der Waals surface area contributed by atoms with Gasteiger partial charge in [0.15, 0.2) is 0 Å². The summed E-state index contributed by atoms with van der Waals surface area (Å²) < 4.78 is 29.6. The molecular weight excluding hydrogens is 408 g/mol. The fourth-order valence-electron chi connectivity index (χ4n) is 2.36. The van der Waals surface area contributed by atoms with Crippen molar-refractivity contribution < 1.29 is 27.9 Å². The lowest BCUT2D eigenvalue weighted by Gasteiger charge is -2.14. The van der Waals surface area contributed by atoms with E-state index in [-0.39, 0.29) is 15.1 Å². The van der Waals surface area contributed by atoms with Crippen LogP contribution in [0.15, 0.2) is 47.4 Å². The maximum atomic E-state index is 12.3. The predicted molar refractivity (Wildman–Crippen MR) is 103 cm³/mol. The molecule has 10 heteroatoms. The quantitative estimate of drug-likeness (QED) is 0.703. The molecule has 2 amide bonds. The van der Waals surface area contributed by atoms with Gasteiger partial charge >= 0.3 is 6.09 Å². The predicted octanol–water partition coefficient (Wildman–Crippen LogP) is 2.62. The van der Waals surface area contributed by atoms with Gasteiger partial charge in [-0.15, -0.1) is 0 Å². The van der Waals surface area contributed by atoms with E-state index in [1.165, 1.54) is 25.3 Å². The van der Waals surface area contributed by atoms with Gasteiger partial charge in [0.25, 0.3) is 15.9 Å². The Labute approximate surface area is 167 Å². The molecule has 0 saturated carbocycles. The summed E-state index contributed by atoms with van der Waals surface area (Å²) in [4.78, 5) is 23.0. The highest BCUT2D eigenvalue weighted by molar-refractivity contribution is 7.89. The zero-order chi connectivity index (χ0) is 20.9.